The molecule has 2 aliphatic rings. The van der Waals surface area contributed by atoms with Crippen LogP contribution in [0.1, 0.15) is 28.1 Å². The maximum atomic E-state index is 6.66. The standard InChI is InChI=1S/C19H17ClN2.C12H11ClN2.CH3Cl/c20-19-15-8-4-5-9-17(15)21-18-10-11-22(13-16(18)19)12-14-6-2-1-3-7-14;13-12-8-3-1-2-4-10(8)15-11-5-6-14-7-9(11)12;1-2/h1-9H,10-13H2;1-4,14H,5-7H2;1H3. The molecule has 0 amide bonds. The second-order valence-corrected chi connectivity index (χ2v) is 10.4. The molecule has 2 aromatic heterocycles. The normalized spacial score (nSPS) is 14.5. The van der Waals surface area contributed by atoms with E-state index in [2.05, 4.69) is 63.2 Å². The van der Waals surface area contributed by atoms with Crippen molar-refractivity contribution in [2.24, 2.45) is 0 Å². The van der Waals surface area contributed by atoms with Gasteiger partial charge in [-0.1, -0.05) is 89.9 Å². The van der Waals surface area contributed by atoms with Crippen molar-refractivity contribution in [3.8, 4) is 0 Å². The monoisotopic (exact) mass is 576 g/mol. The van der Waals surface area contributed by atoms with Gasteiger partial charge in [0.25, 0.3) is 0 Å². The fraction of sp³-hybridized carbons (Fsp3) is 0.250. The van der Waals surface area contributed by atoms with Crippen LogP contribution in [0.5, 0.6) is 0 Å². The SMILES string of the molecule is CCl.Clc1c2c(nc3ccccc13)CCN(Cc1ccccc1)C2.Clc1c2c(nc3ccccc13)CCNC2. The van der Waals surface area contributed by atoms with Crippen LogP contribution in [0, 0.1) is 0 Å². The Bertz CT molecular complexity index is 1570. The van der Waals surface area contributed by atoms with Crippen molar-refractivity contribution in [1.29, 1.82) is 0 Å². The summed E-state index contributed by atoms with van der Waals surface area (Å²) >= 11 is 17.7. The molecular weight excluding hydrogens is 547 g/mol. The molecule has 1 N–H and O–H groups in total. The summed E-state index contributed by atoms with van der Waals surface area (Å²) < 4.78 is 0. The molecule has 3 aromatic carbocycles. The van der Waals surface area contributed by atoms with Crippen LogP contribution in [-0.4, -0.2) is 34.3 Å². The third-order valence-corrected chi connectivity index (χ3v) is 8.02. The molecule has 200 valence electrons. The number of pyridine rings is 2. The van der Waals surface area contributed by atoms with E-state index in [1.54, 1.807) is 0 Å². The van der Waals surface area contributed by atoms with Gasteiger partial charge in [0.15, 0.2) is 0 Å². The van der Waals surface area contributed by atoms with Crippen molar-refractivity contribution in [3.63, 3.8) is 0 Å². The lowest BCUT2D eigenvalue weighted by molar-refractivity contribution is 0.244. The Morgan fingerprint density at radius 1 is 0.718 bits per heavy atom. The van der Waals surface area contributed by atoms with Gasteiger partial charge in [0.1, 0.15) is 0 Å². The molecule has 4 nitrogen and oxygen atoms in total. The second kappa shape index (κ2) is 13.1. The summed E-state index contributed by atoms with van der Waals surface area (Å²) in [6.07, 6.45) is 3.41. The van der Waals surface area contributed by atoms with E-state index in [0.717, 1.165) is 88.8 Å². The molecule has 0 atom stereocenters. The third-order valence-electron chi connectivity index (χ3n) is 7.15. The van der Waals surface area contributed by atoms with E-state index in [-0.39, 0.29) is 0 Å². The summed E-state index contributed by atoms with van der Waals surface area (Å²) in [5.74, 6) is 0. The first-order valence-corrected chi connectivity index (χ1v) is 14.7. The number of nitrogens with zero attached hydrogens (tertiary/aromatic N) is 3. The Kier molecular flexibility index (Phi) is 9.33. The summed E-state index contributed by atoms with van der Waals surface area (Å²) in [6.45, 7) is 4.70. The smallest absolute Gasteiger partial charge is 0.0720 e. The number of para-hydroxylation sites is 2. The van der Waals surface area contributed by atoms with Crippen LogP contribution in [0.15, 0.2) is 78.9 Å². The zero-order chi connectivity index (χ0) is 27.2. The molecule has 0 saturated carbocycles. The van der Waals surface area contributed by atoms with E-state index >= 15 is 0 Å². The topological polar surface area (TPSA) is 41.1 Å². The molecule has 0 fully saturated rings. The van der Waals surface area contributed by atoms with Crippen molar-refractivity contribution in [1.82, 2.24) is 20.2 Å². The van der Waals surface area contributed by atoms with Crippen molar-refractivity contribution in [2.75, 3.05) is 19.5 Å². The Morgan fingerprint density at radius 2 is 1.28 bits per heavy atom. The molecule has 4 heterocycles. The summed E-state index contributed by atoms with van der Waals surface area (Å²) in [6, 6.07) is 26.8. The first-order valence-electron chi connectivity index (χ1n) is 13.1. The van der Waals surface area contributed by atoms with E-state index < -0.39 is 0 Å². The fourth-order valence-electron chi connectivity index (χ4n) is 5.24. The molecule has 5 aromatic rings. The summed E-state index contributed by atoms with van der Waals surface area (Å²) in [5.41, 5.74) is 8.02. The summed E-state index contributed by atoms with van der Waals surface area (Å²) in [4.78, 5) is 11.9. The number of hydrogen-bond donors (Lipinski definition) is 1. The van der Waals surface area contributed by atoms with Gasteiger partial charge in [-0.05, 0) is 17.7 Å². The molecule has 0 bridgehead atoms. The molecule has 0 spiro atoms. The van der Waals surface area contributed by atoms with Crippen LogP contribution >= 0.6 is 34.8 Å². The molecule has 0 unspecified atom stereocenters. The number of hydrogen-bond acceptors (Lipinski definition) is 4. The lowest BCUT2D eigenvalue weighted by atomic mass is 10.0. The van der Waals surface area contributed by atoms with Gasteiger partial charge >= 0.3 is 0 Å². The number of alkyl halides is 1. The lowest BCUT2D eigenvalue weighted by Crippen LogP contribution is -2.31. The molecule has 7 rings (SSSR count). The number of nitrogens with one attached hydrogen (secondary N) is 1. The highest BCUT2D eigenvalue weighted by molar-refractivity contribution is 6.36. The summed E-state index contributed by atoms with van der Waals surface area (Å²) in [5, 5.41) is 7.18. The minimum Gasteiger partial charge on any atom is -0.312 e. The zero-order valence-corrected chi connectivity index (χ0v) is 24.2. The molecule has 0 radical (unpaired) electrons. The minimum absolute atomic E-state index is 0.839. The number of fused-ring (bicyclic) bond motifs is 4. The molecule has 39 heavy (non-hydrogen) atoms. The maximum Gasteiger partial charge on any atom is 0.0720 e. The van der Waals surface area contributed by atoms with Crippen LogP contribution in [0.4, 0.5) is 0 Å². The van der Waals surface area contributed by atoms with E-state index in [1.807, 2.05) is 42.5 Å². The Morgan fingerprint density at radius 3 is 1.95 bits per heavy atom. The molecule has 0 saturated heterocycles. The number of aromatic nitrogens is 2. The van der Waals surface area contributed by atoms with Gasteiger partial charge in [-0.3, -0.25) is 14.9 Å². The highest BCUT2D eigenvalue weighted by atomic mass is 35.5. The first-order chi connectivity index (χ1) is 19.2. The number of benzene rings is 3. The van der Waals surface area contributed by atoms with Gasteiger partial charge in [0.2, 0.25) is 0 Å². The van der Waals surface area contributed by atoms with Gasteiger partial charge in [-0.25, -0.2) is 0 Å². The van der Waals surface area contributed by atoms with Gasteiger partial charge in [0, 0.05) is 85.2 Å². The van der Waals surface area contributed by atoms with Gasteiger partial charge in [0.05, 0.1) is 21.1 Å². The average molecular weight is 578 g/mol. The van der Waals surface area contributed by atoms with E-state index in [4.69, 9.17) is 28.2 Å². The Labute approximate surface area is 244 Å². The van der Waals surface area contributed by atoms with E-state index in [1.165, 1.54) is 23.1 Å². The molecule has 0 aliphatic carbocycles. The Balaban J connectivity index is 0.000000158. The molecular formula is C32H31Cl3N4. The van der Waals surface area contributed by atoms with Crippen LogP contribution < -0.4 is 5.32 Å². The van der Waals surface area contributed by atoms with Crippen molar-refractivity contribution >= 4 is 56.6 Å². The van der Waals surface area contributed by atoms with Crippen molar-refractivity contribution in [3.05, 3.63) is 117 Å². The van der Waals surface area contributed by atoms with Gasteiger partial charge < -0.3 is 5.32 Å². The summed E-state index contributed by atoms with van der Waals surface area (Å²) in [7, 11) is 0. The predicted octanol–water partition coefficient (Wildman–Crippen LogP) is 7.84. The van der Waals surface area contributed by atoms with Crippen molar-refractivity contribution in [2.45, 2.75) is 32.5 Å². The Hall–Kier alpha value is -2.73. The molecule has 2 aliphatic heterocycles. The second-order valence-electron chi connectivity index (χ2n) is 9.61. The zero-order valence-electron chi connectivity index (χ0n) is 21.9. The highest BCUT2D eigenvalue weighted by Gasteiger charge is 2.22. The van der Waals surface area contributed by atoms with Crippen LogP contribution in [-0.2, 0) is 32.5 Å². The van der Waals surface area contributed by atoms with Crippen LogP contribution in [0.25, 0.3) is 21.8 Å². The largest absolute Gasteiger partial charge is 0.312 e. The van der Waals surface area contributed by atoms with Gasteiger partial charge in [-0.15, -0.1) is 11.6 Å². The van der Waals surface area contributed by atoms with E-state index in [9.17, 15) is 0 Å². The lowest BCUT2D eigenvalue weighted by Gasteiger charge is -2.29. The average Bonchev–Trinajstić information content (AvgIpc) is 3.00. The number of rotatable bonds is 2. The van der Waals surface area contributed by atoms with Crippen LogP contribution in [0.3, 0.4) is 0 Å². The minimum atomic E-state index is 0.839. The van der Waals surface area contributed by atoms with Gasteiger partial charge in [-0.2, -0.15) is 0 Å². The van der Waals surface area contributed by atoms with E-state index in [0.29, 0.717) is 0 Å². The highest BCUT2D eigenvalue weighted by Crippen LogP contribution is 2.32. The third kappa shape index (κ3) is 6.21. The predicted molar refractivity (Wildman–Crippen MR) is 165 cm³/mol. The van der Waals surface area contributed by atoms with Crippen molar-refractivity contribution < 1.29 is 0 Å². The van der Waals surface area contributed by atoms with Crippen LogP contribution in [0.2, 0.25) is 10.0 Å². The fourth-order valence-corrected chi connectivity index (χ4v) is 5.90. The quantitative estimate of drug-likeness (QED) is 0.217. The first kappa shape index (κ1) is 27.8. The maximum absolute atomic E-state index is 6.66. The number of halogens is 3. The molecule has 7 heteroatoms.